The summed E-state index contributed by atoms with van der Waals surface area (Å²) in [5.41, 5.74) is -0.343. The molecule has 6 heteroatoms. The van der Waals surface area contributed by atoms with Crippen LogP contribution in [0.15, 0.2) is 0 Å². The van der Waals surface area contributed by atoms with E-state index < -0.39 is 9.84 Å². The Morgan fingerprint density at radius 3 is 2.44 bits per heavy atom. The van der Waals surface area contributed by atoms with Crippen LogP contribution in [0.5, 0.6) is 0 Å². The first-order valence-corrected chi connectivity index (χ1v) is 8.11. The summed E-state index contributed by atoms with van der Waals surface area (Å²) in [5, 5.41) is 3.09. The zero-order valence-corrected chi connectivity index (χ0v) is 12.2. The number of carbonyl (C=O) groups is 1. The molecule has 1 N–H and O–H groups in total. The standard InChI is InChI=1S/C12H23NO4S/c1-10(2)13-6-7-18(15,16)9-12(4-5-12)8-11(14)17-3/h10,13H,4-9H2,1-3H3. The van der Waals surface area contributed by atoms with Crippen molar-refractivity contribution in [1.82, 2.24) is 5.32 Å². The van der Waals surface area contributed by atoms with E-state index in [1.54, 1.807) is 0 Å². The maximum Gasteiger partial charge on any atom is 0.306 e. The first-order valence-electron chi connectivity index (χ1n) is 6.29. The molecule has 0 bridgehead atoms. The largest absolute Gasteiger partial charge is 0.469 e. The molecule has 106 valence electrons. The van der Waals surface area contributed by atoms with Crippen LogP contribution in [0, 0.1) is 5.41 Å². The van der Waals surface area contributed by atoms with Gasteiger partial charge >= 0.3 is 5.97 Å². The van der Waals surface area contributed by atoms with Crippen molar-refractivity contribution < 1.29 is 17.9 Å². The maximum absolute atomic E-state index is 11.9. The summed E-state index contributed by atoms with van der Waals surface area (Å²) in [6, 6.07) is 0.283. The molecule has 0 aliphatic heterocycles. The van der Waals surface area contributed by atoms with Crippen LogP contribution in [0.2, 0.25) is 0 Å². The van der Waals surface area contributed by atoms with Crippen molar-refractivity contribution >= 4 is 15.8 Å². The monoisotopic (exact) mass is 277 g/mol. The van der Waals surface area contributed by atoms with Crippen LogP contribution in [0.4, 0.5) is 0 Å². The molecular formula is C12H23NO4S. The normalized spacial score (nSPS) is 17.8. The van der Waals surface area contributed by atoms with Crippen molar-refractivity contribution in [1.29, 1.82) is 0 Å². The van der Waals surface area contributed by atoms with Gasteiger partial charge in [0.25, 0.3) is 0 Å². The van der Waals surface area contributed by atoms with Crippen LogP contribution < -0.4 is 5.32 Å². The Morgan fingerprint density at radius 2 is 2.00 bits per heavy atom. The Morgan fingerprint density at radius 1 is 1.39 bits per heavy atom. The van der Waals surface area contributed by atoms with Gasteiger partial charge in [0.05, 0.1) is 25.0 Å². The number of methoxy groups -OCH3 is 1. The van der Waals surface area contributed by atoms with Gasteiger partial charge in [0, 0.05) is 12.6 Å². The van der Waals surface area contributed by atoms with Crippen molar-refractivity contribution in [3.63, 3.8) is 0 Å². The third kappa shape index (κ3) is 5.35. The number of carbonyl (C=O) groups excluding carboxylic acids is 1. The summed E-state index contributed by atoms with van der Waals surface area (Å²) in [6.07, 6.45) is 1.83. The highest BCUT2D eigenvalue weighted by atomic mass is 32.2. The lowest BCUT2D eigenvalue weighted by Gasteiger charge is -2.14. The van der Waals surface area contributed by atoms with E-state index in [1.165, 1.54) is 7.11 Å². The van der Waals surface area contributed by atoms with Crippen LogP contribution in [0.25, 0.3) is 0 Å². The number of hydrogen-bond acceptors (Lipinski definition) is 5. The molecule has 1 saturated carbocycles. The number of nitrogens with one attached hydrogen (secondary N) is 1. The molecule has 0 heterocycles. The van der Waals surface area contributed by atoms with Gasteiger partial charge in [-0.2, -0.15) is 0 Å². The fourth-order valence-corrected chi connectivity index (χ4v) is 3.87. The van der Waals surface area contributed by atoms with E-state index in [0.29, 0.717) is 6.54 Å². The number of rotatable bonds is 8. The van der Waals surface area contributed by atoms with Crippen molar-refractivity contribution in [2.75, 3.05) is 25.2 Å². The van der Waals surface area contributed by atoms with Crippen LogP contribution in [0.3, 0.4) is 0 Å². The average Bonchev–Trinajstić information content (AvgIpc) is 2.95. The van der Waals surface area contributed by atoms with Gasteiger partial charge in [-0.3, -0.25) is 4.79 Å². The fourth-order valence-electron chi connectivity index (χ4n) is 1.97. The first-order chi connectivity index (χ1) is 8.29. The van der Waals surface area contributed by atoms with Crippen LogP contribution in [-0.2, 0) is 19.4 Å². The van der Waals surface area contributed by atoms with E-state index in [1.807, 2.05) is 13.8 Å². The van der Waals surface area contributed by atoms with E-state index >= 15 is 0 Å². The number of hydrogen-bond donors (Lipinski definition) is 1. The maximum atomic E-state index is 11.9. The molecule has 18 heavy (non-hydrogen) atoms. The highest BCUT2D eigenvalue weighted by molar-refractivity contribution is 7.91. The summed E-state index contributed by atoms with van der Waals surface area (Å²) in [7, 11) is -1.76. The molecule has 1 rings (SSSR count). The number of esters is 1. The Balaban J connectivity index is 2.43. The van der Waals surface area contributed by atoms with E-state index in [0.717, 1.165) is 12.8 Å². The molecule has 1 aliphatic rings. The third-order valence-electron chi connectivity index (χ3n) is 3.20. The minimum Gasteiger partial charge on any atom is -0.469 e. The second-order valence-corrected chi connectivity index (χ2v) is 7.64. The summed E-state index contributed by atoms with van der Waals surface area (Å²) in [6.45, 7) is 4.42. The molecular weight excluding hydrogens is 254 g/mol. The van der Waals surface area contributed by atoms with E-state index in [9.17, 15) is 13.2 Å². The highest BCUT2D eigenvalue weighted by Gasteiger charge is 2.47. The molecule has 5 nitrogen and oxygen atoms in total. The lowest BCUT2D eigenvalue weighted by Crippen LogP contribution is -2.31. The Kier molecular flexibility index (Phi) is 5.16. The second kappa shape index (κ2) is 6.02. The third-order valence-corrected chi connectivity index (χ3v) is 5.07. The Labute approximate surface area is 109 Å². The Bertz CT molecular complexity index is 385. The molecule has 1 aliphatic carbocycles. The van der Waals surface area contributed by atoms with Crippen molar-refractivity contribution in [2.45, 2.75) is 39.2 Å². The predicted molar refractivity (Wildman–Crippen MR) is 70.1 cm³/mol. The van der Waals surface area contributed by atoms with Crippen molar-refractivity contribution in [3.05, 3.63) is 0 Å². The zero-order valence-electron chi connectivity index (χ0n) is 11.4. The van der Waals surface area contributed by atoms with Gasteiger partial charge in [0.15, 0.2) is 9.84 Å². The number of ether oxygens (including phenoxy) is 1. The zero-order chi connectivity index (χ0) is 13.8. The van der Waals surface area contributed by atoms with Gasteiger partial charge in [-0.05, 0) is 18.3 Å². The van der Waals surface area contributed by atoms with Gasteiger partial charge in [-0.15, -0.1) is 0 Å². The molecule has 0 aromatic heterocycles. The molecule has 0 atom stereocenters. The van der Waals surface area contributed by atoms with Gasteiger partial charge in [0.1, 0.15) is 0 Å². The van der Waals surface area contributed by atoms with Crippen molar-refractivity contribution in [3.8, 4) is 0 Å². The fraction of sp³-hybridized carbons (Fsp3) is 0.917. The lowest BCUT2D eigenvalue weighted by atomic mass is 10.1. The molecule has 0 amide bonds. The molecule has 0 aromatic carbocycles. The number of sulfone groups is 1. The smallest absolute Gasteiger partial charge is 0.306 e. The molecule has 0 radical (unpaired) electrons. The van der Waals surface area contributed by atoms with Crippen LogP contribution >= 0.6 is 0 Å². The van der Waals surface area contributed by atoms with E-state index in [2.05, 4.69) is 10.1 Å². The van der Waals surface area contributed by atoms with E-state index in [-0.39, 0.29) is 35.4 Å². The predicted octanol–water partition coefficient (Wildman–Crippen LogP) is 0.742. The quantitative estimate of drug-likeness (QED) is 0.663. The molecule has 0 unspecified atom stereocenters. The first kappa shape index (κ1) is 15.4. The van der Waals surface area contributed by atoms with Gasteiger partial charge in [-0.25, -0.2) is 8.42 Å². The summed E-state index contributed by atoms with van der Waals surface area (Å²) >= 11 is 0. The molecule has 0 aromatic rings. The van der Waals surface area contributed by atoms with Crippen LogP contribution in [0.1, 0.15) is 33.1 Å². The second-order valence-electron chi connectivity index (χ2n) is 5.45. The summed E-state index contributed by atoms with van der Waals surface area (Å²) < 4.78 is 28.5. The molecule has 1 fully saturated rings. The minimum absolute atomic E-state index is 0.106. The Hall–Kier alpha value is -0.620. The highest BCUT2D eigenvalue weighted by Crippen LogP contribution is 2.50. The van der Waals surface area contributed by atoms with Gasteiger partial charge < -0.3 is 10.1 Å². The van der Waals surface area contributed by atoms with E-state index in [4.69, 9.17) is 0 Å². The molecule has 0 saturated heterocycles. The molecule has 0 spiro atoms. The average molecular weight is 277 g/mol. The topological polar surface area (TPSA) is 72.5 Å². The summed E-state index contributed by atoms with van der Waals surface area (Å²) in [5.74, 6) is -0.0776. The summed E-state index contributed by atoms with van der Waals surface area (Å²) in [4.78, 5) is 11.2. The lowest BCUT2D eigenvalue weighted by molar-refractivity contribution is -0.141. The minimum atomic E-state index is -3.10. The van der Waals surface area contributed by atoms with Gasteiger partial charge in [0.2, 0.25) is 0 Å². The SMILES string of the molecule is COC(=O)CC1(CS(=O)(=O)CCNC(C)C)CC1. The van der Waals surface area contributed by atoms with Crippen LogP contribution in [-0.4, -0.2) is 45.6 Å². The van der Waals surface area contributed by atoms with Crippen molar-refractivity contribution in [2.24, 2.45) is 5.41 Å². The van der Waals surface area contributed by atoms with Gasteiger partial charge in [-0.1, -0.05) is 13.8 Å².